The van der Waals surface area contributed by atoms with Gasteiger partial charge in [-0.05, 0) is 184 Å². The molecule has 2 aliphatic rings. The second kappa shape index (κ2) is 34.3. The van der Waals surface area contributed by atoms with Gasteiger partial charge in [0.15, 0.2) is 22.6 Å². The van der Waals surface area contributed by atoms with Crippen molar-refractivity contribution < 1.29 is 4.79 Å². The fourth-order valence-corrected chi connectivity index (χ4v) is 14.7. The molecule has 1 fully saturated rings. The maximum Gasteiger partial charge on any atom is 0.269 e. The zero-order valence-corrected chi connectivity index (χ0v) is 68.0. The molecule has 0 N–H and O–H groups in total. The predicted octanol–water partition coefficient (Wildman–Crippen LogP) is 16.9. The summed E-state index contributed by atoms with van der Waals surface area (Å²) >= 11 is 24.3. The number of amides is 1. The van der Waals surface area contributed by atoms with Crippen LogP contribution >= 0.6 is 46.4 Å². The van der Waals surface area contributed by atoms with Gasteiger partial charge in [-0.25, -0.2) is 54.8 Å². The number of fused-ring (bicyclic) bond motifs is 8. The fraction of sp³-hybridized carbons (Fsp3) is 0.353. The van der Waals surface area contributed by atoms with Gasteiger partial charge in [-0.1, -0.05) is 138 Å². The average Bonchev–Trinajstić information content (AvgIpc) is 1.69. The van der Waals surface area contributed by atoms with Gasteiger partial charge in [-0.3, -0.25) is 32.9 Å². The lowest BCUT2D eigenvalue weighted by Crippen LogP contribution is -2.46. The fourth-order valence-electron chi connectivity index (χ4n) is 14.2. The number of pyridine rings is 4. The van der Waals surface area contributed by atoms with E-state index in [1.807, 2.05) is 122 Å². The van der Waals surface area contributed by atoms with E-state index in [0.29, 0.717) is 106 Å². The summed E-state index contributed by atoms with van der Waals surface area (Å²) in [5.74, 6) is 5.58. The number of para-hydroxylation sites is 4. The lowest BCUT2D eigenvalue weighted by molar-refractivity contribution is -0.117. The van der Waals surface area contributed by atoms with Crippen LogP contribution in [-0.2, 0) is 57.2 Å². The molecular formula is C85H90Cl4N20O4. The Kier molecular flexibility index (Phi) is 23.9. The van der Waals surface area contributed by atoms with E-state index in [1.165, 1.54) is 31.4 Å². The summed E-state index contributed by atoms with van der Waals surface area (Å²) in [6.45, 7) is 26.8. The monoisotopic (exact) mass is 1590 g/mol. The number of anilines is 2. The molecule has 28 heteroatoms. The molecule has 0 unspecified atom stereocenters. The molecule has 1 amide bonds. The third kappa shape index (κ3) is 18.0. The van der Waals surface area contributed by atoms with Crippen molar-refractivity contribution >= 4 is 141 Å². The van der Waals surface area contributed by atoms with Gasteiger partial charge >= 0.3 is 0 Å². The number of imidazole rings is 4. The van der Waals surface area contributed by atoms with Gasteiger partial charge in [0.2, 0.25) is 5.91 Å². The first kappa shape index (κ1) is 78.9. The first-order valence-corrected chi connectivity index (χ1v) is 40.0. The SMILES string of the molecule is CC(C)CCn1c(CN2C(=O)CN(C3CC3)c3ccccc32)nc2nc(Cl)ccc21.CC(C)CCn1c(Cn2c(=O)cnc3ccccc32)nc2nc(Cl)ccc21.Cc1ccc2c(c1)ncc(=O)n2Cc1nc2nc(Cl)ccc2n1CCC(C)C.Cc1ccc2ncc(=O)n(Cc3nc4nc(Cl)ccc4n3CCC(C)C)c2c1. The first-order valence-electron chi connectivity index (χ1n) is 38.5. The van der Waals surface area contributed by atoms with Crippen molar-refractivity contribution in [2.75, 3.05) is 16.3 Å². The highest BCUT2D eigenvalue weighted by Gasteiger charge is 2.38. The van der Waals surface area contributed by atoms with Gasteiger partial charge in [0.1, 0.15) is 43.9 Å². The van der Waals surface area contributed by atoms with Gasteiger partial charge < -0.3 is 28.1 Å². The topological polar surface area (TPSA) is 251 Å². The summed E-state index contributed by atoms with van der Waals surface area (Å²) in [6, 6.07) is 43.1. The van der Waals surface area contributed by atoms with E-state index < -0.39 is 0 Å². The lowest BCUT2D eigenvalue weighted by Gasteiger charge is -2.37. The molecule has 4 aromatic carbocycles. The maximum absolute atomic E-state index is 13.2. The average molecular weight is 1600 g/mol. The van der Waals surface area contributed by atoms with Gasteiger partial charge in [-0.15, -0.1) is 0 Å². The van der Waals surface area contributed by atoms with Gasteiger partial charge in [0.05, 0.1) is 118 Å². The zero-order chi connectivity index (χ0) is 79.5. The van der Waals surface area contributed by atoms with Crippen LogP contribution in [0.25, 0.3) is 77.8 Å². The third-order valence-corrected chi connectivity index (χ3v) is 21.2. The Balaban J connectivity index is 0.000000125. The molecule has 0 spiro atoms. The second-order valence-corrected chi connectivity index (χ2v) is 32.3. The van der Waals surface area contributed by atoms with Crippen LogP contribution in [0.3, 0.4) is 0 Å². The molecule has 0 bridgehead atoms. The smallest absolute Gasteiger partial charge is 0.269 e. The van der Waals surface area contributed by atoms with Crippen molar-refractivity contribution in [1.29, 1.82) is 0 Å². The Labute approximate surface area is 673 Å². The van der Waals surface area contributed by atoms with Crippen LogP contribution in [0, 0.1) is 37.5 Å². The molecular weight excluding hydrogens is 1510 g/mol. The molecule has 113 heavy (non-hydrogen) atoms. The largest absolute Gasteiger partial charge is 0.358 e. The van der Waals surface area contributed by atoms with Crippen molar-refractivity contribution in [2.24, 2.45) is 23.7 Å². The predicted molar refractivity (Wildman–Crippen MR) is 451 cm³/mol. The number of carbonyl (C=O) groups excluding carboxylic acids is 1. The third-order valence-electron chi connectivity index (χ3n) is 20.4. The van der Waals surface area contributed by atoms with Crippen LogP contribution in [0.1, 0.15) is 128 Å². The number of aryl methyl sites for hydroxylation is 6. The Morgan fingerprint density at radius 2 is 0.699 bits per heavy atom. The highest BCUT2D eigenvalue weighted by atomic mass is 35.5. The molecule has 12 heterocycles. The minimum atomic E-state index is -0.151. The number of nitrogens with zero attached hydrogens (tertiary/aromatic N) is 20. The number of rotatable bonds is 21. The Bertz CT molecular complexity index is 6230. The second-order valence-electron chi connectivity index (χ2n) is 30.7. The van der Waals surface area contributed by atoms with E-state index in [9.17, 15) is 19.2 Å². The van der Waals surface area contributed by atoms with Gasteiger partial charge in [0.25, 0.3) is 16.7 Å². The minimum Gasteiger partial charge on any atom is -0.358 e. The van der Waals surface area contributed by atoms with Crippen LogP contribution in [-0.4, -0.2) is 105 Å². The quantitative estimate of drug-likeness (QED) is 0.0606. The molecule has 17 rings (SSSR count). The molecule has 0 saturated heterocycles. The maximum atomic E-state index is 13.2. The summed E-state index contributed by atoms with van der Waals surface area (Å²) in [6.07, 6.45) is 10.5. The van der Waals surface area contributed by atoms with Crippen molar-refractivity contribution in [3.05, 3.63) is 238 Å². The van der Waals surface area contributed by atoms with Gasteiger partial charge in [0, 0.05) is 32.2 Å². The Morgan fingerprint density at radius 1 is 0.354 bits per heavy atom. The van der Waals surface area contributed by atoms with E-state index in [1.54, 1.807) is 38.0 Å². The Morgan fingerprint density at radius 3 is 1.12 bits per heavy atom. The molecule has 1 saturated carbocycles. The lowest BCUT2D eigenvalue weighted by atomic mass is 10.1. The summed E-state index contributed by atoms with van der Waals surface area (Å²) in [4.78, 5) is 104. The van der Waals surface area contributed by atoms with Crippen molar-refractivity contribution in [1.82, 2.24) is 86.8 Å². The van der Waals surface area contributed by atoms with Crippen molar-refractivity contribution in [2.45, 2.75) is 166 Å². The molecule has 15 aromatic rings. The highest BCUT2D eigenvalue weighted by molar-refractivity contribution is 6.30. The van der Waals surface area contributed by atoms with E-state index in [4.69, 9.17) is 61.4 Å². The highest BCUT2D eigenvalue weighted by Crippen LogP contribution is 2.41. The van der Waals surface area contributed by atoms with Crippen molar-refractivity contribution in [3.63, 3.8) is 0 Å². The molecule has 24 nitrogen and oxygen atoms in total. The van der Waals surface area contributed by atoms with E-state index in [0.717, 1.165) is 153 Å². The minimum absolute atomic E-state index is 0.119. The number of aromatic nitrogens is 18. The molecule has 0 radical (unpaired) electrons. The molecule has 11 aromatic heterocycles. The van der Waals surface area contributed by atoms with Crippen LogP contribution in [0.2, 0.25) is 20.6 Å². The standard InChI is InChI=1S/C23H26ClN5O.2C21H22ClN5O.C20H20ClN5O/c1-15(2)11-12-27-19-9-10-20(24)25-23(19)26-21(27)13-29-18-6-4-3-5-17(18)28(14-22(29)30)16-7-8-16;1-13(2)8-9-26-17-6-7-18(22)24-21(17)25-19(26)12-27-16-5-4-14(3)10-15(16)23-11-20(27)28;1-13(2)8-9-26-16-6-7-18(22)24-21(16)25-19(26)12-27-17-10-14(3)4-5-15(17)23-11-20(27)28;1-13(2)9-10-25-16-7-8-17(21)23-20(16)24-18(25)12-26-15-6-4-3-5-14(15)22-11-19(26)27/h3-6,9-10,15-16H,7-8,11-14H2,1-2H3;2*4-7,10-11,13H,8-9,12H2,1-3H3;3-8,11,13H,9-10,12H2,1-2H3. The van der Waals surface area contributed by atoms with E-state index >= 15 is 0 Å². The van der Waals surface area contributed by atoms with Crippen LogP contribution in [0.4, 0.5) is 11.4 Å². The molecule has 1 aliphatic heterocycles. The number of hydrogen-bond acceptors (Lipinski definition) is 16. The number of carbonyl (C=O) groups is 1. The summed E-state index contributed by atoms with van der Waals surface area (Å²) in [7, 11) is 0. The zero-order valence-electron chi connectivity index (χ0n) is 65.0. The van der Waals surface area contributed by atoms with Gasteiger partial charge in [-0.2, -0.15) is 0 Å². The first-order chi connectivity index (χ1) is 54.4. The summed E-state index contributed by atoms with van der Waals surface area (Å²) < 4.78 is 13.8. The summed E-state index contributed by atoms with van der Waals surface area (Å²) in [5.41, 5.74) is 14.8. The normalized spacial score (nSPS) is 13.0. The molecule has 0 atom stereocenters. The van der Waals surface area contributed by atoms with Crippen molar-refractivity contribution in [3.8, 4) is 0 Å². The number of hydrogen-bond donors (Lipinski definition) is 0. The van der Waals surface area contributed by atoms with E-state index in [2.05, 4.69) is 124 Å². The number of halogens is 4. The van der Waals surface area contributed by atoms with Crippen LogP contribution in [0.5, 0.6) is 0 Å². The molecule has 582 valence electrons. The summed E-state index contributed by atoms with van der Waals surface area (Å²) in [5, 5.41) is 1.67. The van der Waals surface area contributed by atoms with Crippen LogP contribution < -0.4 is 26.5 Å². The number of benzene rings is 4. The van der Waals surface area contributed by atoms with Crippen LogP contribution in [0.15, 0.2) is 166 Å². The Hall–Kier alpha value is -10.8. The van der Waals surface area contributed by atoms with E-state index in [-0.39, 0.29) is 22.6 Å². The molecule has 1 aliphatic carbocycles.